The van der Waals surface area contributed by atoms with Crippen LogP contribution in [0.4, 0.5) is 0 Å². The Morgan fingerprint density at radius 3 is 2.43 bits per heavy atom. The van der Waals surface area contributed by atoms with Crippen molar-refractivity contribution in [2.45, 2.75) is 52.2 Å². The zero-order valence-electron chi connectivity index (χ0n) is 13.0. The van der Waals surface area contributed by atoms with Crippen LogP contribution in [0.5, 0.6) is 0 Å². The molecule has 1 aliphatic heterocycles. The van der Waals surface area contributed by atoms with E-state index in [2.05, 4.69) is 10.1 Å². The molecule has 0 aromatic carbocycles. The first kappa shape index (κ1) is 14.8. The second-order valence-electron chi connectivity index (χ2n) is 6.35. The van der Waals surface area contributed by atoms with Crippen LogP contribution < -0.4 is 5.46 Å². The maximum atomic E-state index is 6.25. The van der Waals surface area contributed by atoms with Gasteiger partial charge in [-0.3, -0.25) is 0 Å². The summed E-state index contributed by atoms with van der Waals surface area (Å²) in [4.78, 5) is 4.61. The molecule has 0 bridgehead atoms. The van der Waals surface area contributed by atoms with E-state index in [1.807, 2.05) is 40.7 Å². The minimum absolute atomic E-state index is 0.391. The molecular weight excluding hydrogens is 288 g/mol. The van der Waals surface area contributed by atoms with Crippen LogP contribution in [0, 0.1) is 0 Å². The Hall–Kier alpha value is -1.11. The van der Waals surface area contributed by atoms with Gasteiger partial charge in [-0.2, -0.15) is 5.10 Å². The molecule has 21 heavy (non-hydrogen) atoms. The summed E-state index contributed by atoms with van der Waals surface area (Å²) >= 11 is 6.25. The molecule has 3 rings (SSSR count). The standard InChI is InChI=1S/C14H19BClN3O2/c1-6-9-7-11(16)19-12(18-9)10(8-17-19)15-20-13(2,3)14(4,5)21-15/h7-8H,6H2,1-5H3. The number of fused-ring (bicyclic) bond motifs is 1. The number of aryl methyl sites for hydroxylation is 1. The van der Waals surface area contributed by atoms with Crippen molar-refractivity contribution < 1.29 is 9.31 Å². The molecular formula is C14H19BClN3O2. The van der Waals surface area contributed by atoms with Gasteiger partial charge in [0, 0.05) is 11.2 Å². The monoisotopic (exact) mass is 307 g/mol. The molecule has 1 fully saturated rings. The molecule has 3 heterocycles. The summed E-state index contributed by atoms with van der Waals surface area (Å²) in [7, 11) is -0.483. The minimum Gasteiger partial charge on any atom is -0.399 e. The molecule has 5 nitrogen and oxygen atoms in total. The highest BCUT2D eigenvalue weighted by Crippen LogP contribution is 2.36. The van der Waals surface area contributed by atoms with Gasteiger partial charge in [0.05, 0.1) is 17.4 Å². The van der Waals surface area contributed by atoms with Crippen molar-refractivity contribution in [3.63, 3.8) is 0 Å². The number of hydrogen-bond acceptors (Lipinski definition) is 4. The Labute approximate surface area is 129 Å². The van der Waals surface area contributed by atoms with E-state index in [9.17, 15) is 0 Å². The van der Waals surface area contributed by atoms with E-state index >= 15 is 0 Å². The molecule has 0 atom stereocenters. The van der Waals surface area contributed by atoms with E-state index in [0.717, 1.165) is 17.6 Å². The van der Waals surface area contributed by atoms with Crippen LogP contribution in [-0.2, 0) is 15.7 Å². The van der Waals surface area contributed by atoms with Crippen molar-refractivity contribution >= 4 is 29.8 Å². The summed E-state index contributed by atoms with van der Waals surface area (Å²) in [6.07, 6.45) is 2.53. The molecule has 0 radical (unpaired) electrons. The van der Waals surface area contributed by atoms with Crippen LogP contribution >= 0.6 is 11.6 Å². The Kier molecular flexibility index (Phi) is 3.31. The lowest BCUT2D eigenvalue weighted by molar-refractivity contribution is 0.00578. The summed E-state index contributed by atoms with van der Waals surface area (Å²) < 4.78 is 13.8. The molecule has 2 aromatic heterocycles. The predicted molar refractivity (Wildman–Crippen MR) is 83.1 cm³/mol. The van der Waals surface area contributed by atoms with Crippen molar-refractivity contribution in [2.75, 3.05) is 0 Å². The fraction of sp³-hybridized carbons (Fsp3) is 0.571. The van der Waals surface area contributed by atoms with Gasteiger partial charge < -0.3 is 9.31 Å². The lowest BCUT2D eigenvalue weighted by atomic mass is 9.81. The summed E-state index contributed by atoms with van der Waals surface area (Å²) in [5.41, 5.74) is 1.64. The third kappa shape index (κ3) is 2.26. The van der Waals surface area contributed by atoms with Crippen LogP contribution in [0.3, 0.4) is 0 Å². The molecule has 1 aliphatic rings. The molecule has 0 saturated carbocycles. The van der Waals surface area contributed by atoms with E-state index in [-0.39, 0.29) is 0 Å². The zero-order valence-corrected chi connectivity index (χ0v) is 13.7. The van der Waals surface area contributed by atoms with Crippen molar-refractivity contribution in [3.05, 3.63) is 23.1 Å². The summed E-state index contributed by atoms with van der Waals surface area (Å²) in [6.45, 7) is 10.1. The Morgan fingerprint density at radius 1 is 1.24 bits per heavy atom. The van der Waals surface area contributed by atoms with Crippen LogP contribution in [0.15, 0.2) is 12.3 Å². The fourth-order valence-corrected chi connectivity index (χ4v) is 2.56. The third-order valence-corrected chi connectivity index (χ3v) is 4.65. The molecule has 112 valence electrons. The molecule has 0 unspecified atom stereocenters. The van der Waals surface area contributed by atoms with Crippen LogP contribution in [0.25, 0.3) is 5.65 Å². The van der Waals surface area contributed by atoms with Gasteiger partial charge >= 0.3 is 7.12 Å². The Balaban J connectivity index is 2.08. The second-order valence-corrected chi connectivity index (χ2v) is 6.73. The average molecular weight is 308 g/mol. The summed E-state index contributed by atoms with van der Waals surface area (Å²) in [5, 5.41) is 4.84. The molecule has 0 aliphatic carbocycles. The first-order chi connectivity index (χ1) is 9.75. The molecule has 0 spiro atoms. The molecule has 0 amide bonds. The van der Waals surface area contributed by atoms with Gasteiger partial charge in [0.1, 0.15) is 5.15 Å². The Bertz CT molecular complexity index is 683. The van der Waals surface area contributed by atoms with Crippen molar-refractivity contribution in [1.82, 2.24) is 14.6 Å². The first-order valence-electron chi connectivity index (χ1n) is 7.14. The lowest BCUT2D eigenvalue weighted by Crippen LogP contribution is -2.41. The normalized spacial score (nSPS) is 20.4. The van der Waals surface area contributed by atoms with Crippen molar-refractivity contribution in [1.29, 1.82) is 0 Å². The molecule has 2 aromatic rings. The van der Waals surface area contributed by atoms with Gasteiger partial charge in [0.25, 0.3) is 0 Å². The number of hydrogen-bond donors (Lipinski definition) is 0. The van der Waals surface area contributed by atoms with Crippen molar-refractivity contribution in [3.8, 4) is 0 Å². The van der Waals surface area contributed by atoms with E-state index in [4.69, 9.17) is 20.9 Å². The van der Waals surface area contributed by atoms with Crippen LogP contribution in [-0.4, -0.2) is 32.9 Å². The van der Waals surface area contributed by atoms with Crippen LogP contribution in [0.2, 0.25) is 5.15 Å². The van der Waals surface area contributed by atoms with Gasteiger partial charge in [0.15, 0.2) is 5.65 Å². The SMILES string of the molecule is CCc1cc(Cl)n2ncc(B3OC(C)(C)C(C)(C)O3)c2n1. The molecule has 7 heteroatoms. The van der Waals surface area contributed by atoms with E-state index in [0.29, 0.717) is 10.8 Å². The highest BCUT2D eigenvalue weighted by atomic mass is 35.5. The van der Waals surface area contributed by atoms with Gasteiger partial charge in [-0.25, -0.2) is 9.50 Å². The highest BCUT2D eigenvalue weighted by molar-refractivity contribution is 6.64. The lowest BCUT2D eigenvalue weighted by Gasteiger charge is -2.32. The Morgan fingerprint density at radius 2 is 1.86 bits per heavy atom. The van der Waals surface area contributed by atoms with E-state index in [1.54, 1.807) is 10.7 Å². The van der Waals surface area contributed by atoms with Gasteiger partial charge in [-0.15, -0.1) is 0 Å². The first-order valence-corrected chi connectivity index (χ1v) is 7.51. The topological polar surface area (TPSA) is 48.7 Å². The summed E-state index contributed by atoms with van der Waals surface area (Å²) in [5.74, 6) is 0. The maximum absolute atomic E-state index is 6.25. The predicted octanol–water partition coefficient (Wildman–Crippen LogP) is 2.24. The van der Waals surface area contributed by atoms with E-state index < -0.39 is 18.3 Å². The van der Waals surface area contributed by atoms with Gasteiger partial charge in [-0.1, -0.05) is 18.5 Å². The van der Waals surface area contributed by atoms with Gasteiger partial charge in [-0.05, 0) is 40.2 Å². The largest absolute Gasteiger partial charge is 0.500 e. The smallest absolute Gasteiger partial charge is 0.399 e. The number of nitrogens with zero attached hydrogens (tertiary/aromatic N) is 3. The number of aromatic nitrogens is 3. The third-order valence-electron chi connectivity index (χ3n) is 4.38. The number of halogens is 1. The summed E-state index contributed by atoms with van der Waals surface area (Å²) in [6, 6.07) is 1.83. The second kappa shape index (κ2) is 4.70. The average Bonchev–Trinajstić information content (AvgIpc) is 2.89. The fourth-order valence-electron chi connectivity index (χ4n) is 2.31. The van der Waals surface area contributed by atoms with Crippen LogP contribution in [0.1, 0.15) is 40.3 Å². The molecule has 1 saturated heterocycles. The highest BCUT2D eigenvalue weighted by Gasteiger charge is 2.52. The zero-order chi connectivity index (χ0) is 15.4. The quantitative estimate of drug-likeness (QED) is 0.631. The maximum Gasteiger partial charge on any atom is 0.500 e. The molecule has 0 N–H and O–H groups in total. The number of rotatable bonds is 2. The van der Waals surface area contributed by atoms with Gasteiger partial charge in [0.2, 0.25) is 0 Å². The van der Waals surface area contributed by atoms with Crippen molar-refractivity contribution in [2.24, 2.45) is 0 Å². The van der Waals surface area contributed by atoms with E-state index in [1.165, 1.54) is 0 Å². The minimum atomic E-state index is -0.483.